The van der Waals surface area contributed by atoms with Crippen LogP contribution in [0.5, 0.6) is 0 Å². The number of aromatic nitrogens is 3. The lowest BCUT2D eigenvalue weighted by molar-refractivity contribution is 0.0526. The van der Waals surface area contributed by atoms with E-state index in [0.29, 0.717) is 37.7 Å². The summed E-state index contributed by atoms with van der Waals surface area (Å²) in [6.45, 7) is 3.38. The van der Waals surface area contributed by atoms with E-state index < -0.39 is 17.8 Å². The molecular formula is C21H24F2N4O2. The number of carbonyl (C=O) groups is 1. The van der Waals surface area contributed by atoms with Crippen LogP contribution in [0.2, 0.25) is 0 Å². The molecule has 3 fully saturated rings. The Labute approximate surface area is 167 Å². The van der Waals surface area contributed by atoms with Crippen molar-refractivity contribution in [3.63, 3.8) is 0 Å². The Kier molecular flexibility index (Phi) is 4.33. The number of pyridine rings is 1. The molecule has 1 unspecified atom stereocenters. The molecule has 0 spiro atoms. The summed E-state index contributed by atoms with van der Waals surface area (Å²) < 4.78 is 33.8. The fraction of sp³-hybridized carbons (Fsp3) is 0.571. The van der Waals surface area contributed by atoms with E-state index in [-0.39, 0.29) is 5.97 Å². The number of hydrogen-bond acceptors (Lipinski definition) is 5. The Morgan fingerprint density at radius 2 is 2.03 bits per heavy atom. The van der Waals surface area contributed by atoms with Crippen molar-refractivity contribution in [2.45, 2.75) is 44.6 Å². The Hall–Kier alpha value is -2.51. The zero-order valence-corrected chi connectivity index (χ0v) is 16.4. The highest BCUT2D eigenvalue weighted by Crippen LogP contribution is 2.59. The summed E-state index contributed by atoms with van der Waals surface area (Å²) in [6, 6.07) is 3.96. The smallest absolute Gasteiger partial charge is 0.341 e. The average Bonchev–Trinajstić information content (AvgIpc) is 3.11. The number of nitrogens with zero attached hydrogens (tertiary/aromatic N) is 4. The molecule has 0 amide bonds. The van der Waals surface area contributed by atoms with E-state index in [1.165, 1.54) is 12.6 Å². The number of ether oxygens (including phenoxy) is 1. The van der Waals surface area contributed by atoms with Crippen LogP contribution in [-0.2, 0) is 11.3 Å². The number of hydrogen-bond donors (Lipinski definition) is 0. The number of alkyl halides is 2. The van der Waals surface area contributed by atoms with Gasteiger partial charge in [-0.1, -0.05) is 12.5 Å². The SMILES string of the molecule is CCOC(=O)c1cnn(Cc2ccc(N3CC4[C@@H](C3)C4(F)F)nc2C2CCC2)c1. The first-order valence-electron chi connectivity index (χ1n) is 10.3. The van der Waals surface area contributed by atoms with Crippen LogP contribution in [0.4, 0.5) is 14.6 Å². The van der Waals surface area contributed by atoms with Gasteiger partial charge in [-0.2, -0.15) is 5.10 Å². The molecule has 2 atom stereocenters. The molecule has 1 saturated heterocycles. The standard InChI is InChI=1S/C21H24F2N4O2/c1-2-29-20(28)15-8-24-27(10-15)9-14-6-7-18(25-19(14)13-4-3-5-13)26-11-16-17(12-26)21(16,22)23/h6-8,10,13,16-17H,2-5,9,11-12H2,1H3/t16-,17?/m1/s1. The molecule has 0 radical (unpaired) electrons. The molecule has 2 aromatic rings. The number of anilines is 1. The quantitative estimate of drug-likeness (QED) is 0.693. The van der Waals surface area contributed by atoms with E-state index in [4.69, 9.17) is 9.72 Å². The molecule has 5 rings (SSSR count). The molecule has 29 heavy (non-hydrogen) atoms. The third-order valence-corrected chi connectivity index (χ3v) is 6.49. The van der Waals surface area contributed by atoms with Crippen LogP contribution in [0.1, 0.15) is 53.7 Å². The Morgan fingerprint density at radius 3 is 2.69 bits per heavy atom. The van der Waals surface area contributed by atoms with E-state index in [1.807, 2.05) is 17.0 Å². The van der Waals surface area contributed by atoms with Crippen molar-refractivity contribution in [2.24, 2.45) is 11.8 Å². The molecule has 0 N–H and O–H groups in total. The predicted octanol–water partition coefficient (Wildman–Crippen LogP) is 3.47. The summed E-state index contributed by atoms with van der Waals surface area (Å²) in [5, 5.41) is 4.28. The van der Waals surface area contributed by atoms with Crippen molar-refractivity contribution in [1.82, 2.24) is 14.8 Å². The van der Waals surface area contributed by atoms with Crippen molar-refractivity contribution < 1.29 is 18.3 Å². The van der Waals surface area contributed by atoms with Gasteiger partial charge in [0.15, 0.2) is 0 Å². The summed E-state index contributed by atoms with van der Waals surface area (Å²) in [5.41, 5.74) is 2.53. The number of rotatable bonds is 6. The number of carbonyl (C=O) groups excluding carboxylic acids is 1. The lowest BCUT2D eigenvalue weighted by Gasteiger charge is -2.29. The second-order valence-electron chi connectivity index (χ2n) is 8.28. The summed E-state index contributed by atoms with van der Waals surface area (Å²) >= 11 is 0. The fourth-order valence-electron chi connectivity index (χ4n) is 4.48. The zero-order chi connectivity index (χ0) is 20.2. The maximum absolute atomic E-state index is 13.5. The van der Waals surface area contributed by atoms with Crippen LogP contribution in [0, 0.1) is 11.8 Å². The third-order valence-electron chi connectivity index (χ3n) is 6.49. The molecule has 0 aromatic carbocycles. The van der Waals surface area contributed by atoms with E-state index in [2.05, 4.69) is 5.10 Å². The van der Waals surface area contributed by atoms with Gasteiger partial charge in [-0.15, -0.1) is 0 Å². The van der Waals surface area contributed by atoms with E-state index in [0.717, 1.165) is 29.9 Å². The summed E-state index contributed by atoms with van der Waals surface area (Å²) in [6.07, 6.45) is 6.58. The first kappa shape index (κ1) is 18.5. The van der Waals surface area contributed by atoms with Crippen LogP contribution in [-0.4, -0.2) is 46.4 Å². The lowest BCUT2D eigenvalue weighted by Crippen LogP contribution is -2.29. The predicted molar refractivity (Wildman–Crippen MR) is 102 cm³/mol. The molecule has 2 saturated carbocycles. The van der Waals surface area contributed by atoms with E-state index in [9.17, 15) is 13.6 Å². The third kappa shape index (κ3) is 3.18. The molecule has 3 aliphatic rings. The van der Waals surface area contributed by atoms with Crippen LogP contribution >= 0.6 is 0 Å². The van der Waals surface area contributed by atoms with E-state index in [1.54, 1.807) is 17.8 Å². The second-order valence-corrected chi connectivity index (χ2v) is 8.28. The van der Waals surface area contributed by atoms with Gasteiger partial charge in [-0.25, -0.2) is 18.6 Å². The van der Waals surface area contributed by atoms with Crippen LogP contribution < -0.4 is 4.90 Å². The van der Waals surface area contributed by atoms with Crippen LogP contribution in [0.25, 0.3) is 0 Å². The largest absolute Gasteiger partial charge is 0.462 e. The molecular weight excluding hydrogens is 378 g/mol. The molecule has 8 heteroatoms. The zero-order valence-electron chi connectivity index (χ0n) is 16.4. The van der Waals surface area contributed by atoms with Gasteiger partial charge in [-0.05, 0) is 31.4 Å². The molecule has 0 bridgehead atoms. The molecule has 3 heterocycles. The Morgan fingerprint density at radius 1 is 1.28 bits per heavy atom. The van der Waals surface area contributed by atoms with Crippen LogP contribution in [0.3, 0.4) is 0 Å². The fourth-order valence-corrected chi connectivity index (χ4v) is 4.48. The molecule has 2 aromatic heterocycles. The highest BCUT2D eigenvalue weighted by molar-refractivity contribution is 5.88. The van der Waals surface area contributed by atoms with Gasteiger partial charge in [0.1, 0.15) is 5.82 Å². The highest BCUT2D eigenvalue weighted by Gasteiger charge is 2.71. The molecule has 2 aliphatic carbocycles. The lowest BCUT2D eigenvalue weighted by atomic mass is 9.81. The minimum atomic E-state index is -2.48. The second kappa shape index (κ2) is 6.78. The van der Waals surface area contributed by atoms with Crippen molar-refractivity contribution in [3.05, 3.63) is 41.3 Å². The van der Waals surface area contributed by atoms with Gasteiger partial charge >= 0.3 is 5.97 Å². The summed E-state index contributed by atoms with van der Waals surface area (Å²) in [7, 11) is 0. The monoisotopic (exact) mass is 402 g/mol. The number of esters is 1. The van der Waals surface area contributed by atoms with Gasteiger partial charge in [0.2, 0.25) is 0 Å². The Bertz CT molecular complexity index is 927. The number of piperidine rings is 1. The van der Waals surface area contributed by atoms with Crippen molar-refractivity contribution in [3.8, 4) is 0 Å². The van der Waals surface area contributed by atoms with Gasteiger partial charge in [0, 0.05) is 25.2 Å². The molecule has 154 valence electrons. The maximum atomic E-state index is 13.5. The van der Waals surface area contributed by atoms with Crippen molar-refractivity contribution in [1.29, 1.82) is 0 Å². The van der Waals surface area contributed by atoms with Crippen molar-refractivity contribution >= 4 is 11.8 Å². The van der Waals surface area contributed by atoms with Crippen molar-refractivity contribution in [2.75, 3.05) is 24.6 Å². The maximum Gasteiger partial charge on any atom is 0.341 e. The van der Waals surface area contributed by atoms with Gasteiger partial charge < -0.3 is 9.64 Å². The topological polar surface area (TPSA) is 60.2 Å². The van der Waals surface area contributed by atoms with E-state index >= 15 is 0 Å². The molecule has 1 aliphatic heterocycles. The van der Waals surface area contributed by atoms with Gasteiger partial charge in [0.25, 0.3) is 5.92 Å². The van der Waals surface area contributed by atoms with Crippen LogP contribution in [0.15, 0.2) is 24.5 Å². The number of halogens is 2. The van der Waals surface area contributed by atoms with Gasteiger partial charge in [-0.3, -0.25) is 4.68 Å². The first-order chi connectivity index (χ1) is 14.0. The summed E-state index contributed by atoms with van der Waals surface area (Å²) in [5.74, 6) is -2.68. The Balaban J connectivity index is 1.35. The molecule has 6 nitrogen and oxygen atoms in total. The van der Waals surface area contributed by atoms with Gasteiger partial charge in [0.05, 0.1) is 42.4 Å². The minimum absolute atomic E-state index is 0.325. The normalized spacial score (nSPS) is 24.9. The average molecular weight is 402 g/mol. The highest BCUT2D eigenvalue weighted by atomic mass is 19.3. The first-order valence-corrected chi connectivity index (χ1v) is 10.3. The summed E-state index contributed by atoms with van der Waals surface area (Å²) in [4.78, 5) is 18.7. The minimum Gasteiger partial charge on any atom is -0.462 e. The number of fused-ring (bicyclic) bond motifs is 1.